The maximum atomic E-state index is 9.59. The third-order valence-electron chi connectivity index (χ3n) is 4.59. The molecule has 0 spiro atoms. The topological polar surface area (TPSA) is 40.5 Å². The summed E-state index contributed by atoms with van der Waals surface area (Å²) in [6.07, 6.45) is 16.5. The molecule has 0 saturated heterocycles. The van der Waals surface area contributed by atoms with Crippen molar-refractivity contribution in [1.82, 2.24) is 0 Å². The van der Waals surface area contributed by atoms with E-state index in [1.165, 1.54) is 70.6 Å². The number of rotatable bonds is 2. The van der Waals surface area contributed by atoms with E-state index in [1.807, 2.05) is 0 Å². The van der Waals surface area contributed by atoms with Crippen LogP contribution in [-0.2, 0) is 0 Å². The van der Waals surface area contributed by atoms with Crippen LogP contribution in [0.15, 0.2) is 0 Å². The van der Waals surface area contributed by atoms with E-state index >= 15 is 0 Å². The Morgan fingerprint density at radius 1 is 0.500 bits per heavy atom. The molecule has 0 radical (unpaired) electrons. The lowest BCUT2D eigenvalue weighted by Gasteiger charge is -2.30. The summed E-state index contributed by atoms with van der Waals surface area (Å²) in [6.45, 7) is 0.312. The van der Waals surface area contributed by atoms with Crippen LogP contribution in [0.2, 0.25) is 0 Å². The van der Waals surface area contributed by atoms with E-state index in [0.717, 1.165) is 12.8 Å². The van der Waals surface area contributed by atoms with E-state index < -0.39 is 0 Å². The smallest absolute Gasteiger partial charge is 0.0509 e. The molecular formula is C16H32O2. The first-order chi connectivity index (χ1) is 8.83. The molecule has 1 aliphatic rings. The van der Waals surface area contributed by atoms with Gasteiger partial charge in [0.1, 0.15) is 0 Å². The molecule has 0 aliphatic heterocycles. The molecular weight excluding hydrogens is 224 g/mol. The predicted octanol–water partition coefficient (Wildman–Crippen LogP) is 4.04. The van der Waals surface area contributed by atoms with Gasteiger partial charge < -0.3 is 10.2 Å². The van der Waals surface area contributed by atoms with E-state index in [4.69, 9.17) is 0 Å². The fraction of sp³-hybridized carbons (Fsp3) is 1.00. The summed E-state index contributed by atoms with van der Waals surface area (Å²) in [7, 11) is 0. The van der Waals surface area contributed by atoms with Crippen molar-refractivity contribution in [3.05, 3.63) is 0 Å². The highest BCUT2D eigenvalue weighted by molar-refractivity contribution is 4.78. The number of hydrogen-bond donors (Lipinski definition) is 2. The lowest BCUT2D eigenvalue weighted by atomic mass is 9.79. The molecule has 0 bridgehead atoms. The van der Waals surface area contributed by atoms with Gasteiger partial charge in [-0.15, -0.1) is 0 Å². The average Bonchev–Trinajstić information content (AvgIpc) is 2.41. The molecule has 0 atom stereocenters. The number of aliphatic hydroxyl groups excluding tert-OH is 2. The fourth-order valence-corrected chi connectivity index (χ4v) is 3.08. The van der Waals surface area contributed by atoms with Crippen molar-refractivity contribution in [3.8, 4) is 0 Å². The number of hydrogen-bond acceptors (Lipinski definition) is 2. The van der Waals surface area contributed by atoms with E-state index in [9.17, 15) is 10.2 Å². The van der Waals surface area contributed by atoms with Gasteiger partial charge in [0.25, 0.3) is 0 Å². The second-order valence-electron chi connectivity index (χ2n) is 6.21. The lowest BCUT2D eigenvalue weighted by molar-refractivity contribution is 0.0352. The summed E-state index contributed by atoms with van der Waals surface area (Å²) in [4.78, 5) is 0. The molecule has 1 saturated carbocycles. The van der Waals surface area contributed by atoms with Gasteiger partial charge in [-0.3, -0.25) is 0 Å². The molecule has 0 heterocycles. The summed E-state index contributed by atoms with van der Waals surface area (Å²) >= 11 is 0. The first-order valence-corrected chi connectivity index (χ1v) is 8.05. The van der Waals surface area contributed by atoms with Crippen molar-refractivity contribution in [1.29, 1.82) is 0 Å². The SMILES string of the molecule is OCC1(CO)CCCCCCCCCCCCC1. The summed E-state index contributed by atoms with van der Waals surface area (Å²) in [5, 5.41) is 19.2. The van der Waals surface area contributed by atoms with Gasteiger partial charge in [0.2, 0.25) is 0 Å². The molecule has 1 aliphatic carbocycles. The van der Waals surface area contributed by atoms with Crippen LogP contribution in [0.5, 0.6) is 0 Å². The molecule has 0 aromatic heterocycles. The predicted molar refractivity (Wildman–Crippen MR) is 76.6 cm³/mol. The molecule has 2 N–H and O–H groups in total. The van der Waals surface area contributed by atoms with Crippen molar-refractivity contribution >= 4 is 0 Å². The lowest BCUT2D eigenvalue weighted by Crippen LogP contribution is -2.30. The van der Waals surface area contributed by atoms with Gasteiger partial charge in [-0.1, -0.05) is 70.6 Å². The van der Waals surface area contributed by atoms with E-state index in [0.29, 0.717) is 0 Å². The Kier molecular flexibility index (Phi) is 8.70. The monoisotopic (exact) mass is 256 g/mol. The highest BCUT2D eigenvalue weighted by atomic mass is 16.3. The summed E-state index contributed by atoms with van der Waals surface area (Å²) in [5.41, 5.74) is -0.190. The zero-order chi connectivity index (χ0) is 13.1. The first kappa shape index (κ1) is 16.0. The molecule has 1 rings (SSSR count). The third-order valence-corrected chi connectivity index (χ3v) is 4.59. The maximum absolute atomic E-state index is 9.59. The van der Waals surface area contributed by atoms with Crippen molar-refractivity contribution in [3.63, 3.8) is 0 Å². The van der Waals surface area contributed by atoms with Crippen LogP contribution in [-0.4, -0.2) is 23.4 Å². The maximum Gasteiger partial charge on any atom is 0.0509 e. The van der Waals surface area contributed by atoms with Gasteiger partial charge in [-0.05, 0) is 12.8 Å². The Bertz CT molecular complexity index is 172. The van der Waals surface area contributed by atoms with Crippen LogP contribution >= 0.6 is 0 Å². The Hall–Kier alpha value is -0.0800. The third kappa shape index (κ3) is 6.19. The normalized spacial score (nSPS) is 24.3. The zero-order valence-electron chi connectivity index (χ0n) is 12.0. The van der Waals surface area contributed by atoms with Crippen LogP contribution in [0.1, 0.15) is 83.5 Å². The molecule has 0 amide bonds. The van der Waals surface area contributed by atoms with E-state index in [1.54, 1.807) is 0 Å². The first-order valence-electron chi connectivity index (χ1n) is 8.05. The summed E-state index contributed by atoms with van der Waals surface area (Å²) in [6, 6.07) is 0. The van der Waals surface area contributed by atoms with Gasteiger partial charge >= 0.3 is 0 Å². The number of aliphatic hydroxyl groups is 2. The highest BCUT2D eigenvalue weighted by Crippen LogP contribution is 2.31. The Balaban J connectivity index is 2.38. The largest absolute Gasteiger partial charge is 0.396 e. The van der Waals surface area contributed by atoms with Crippen LogP contribution < -0.4 is 0 Å². The second-order valence-corrected chi connectivity index (χ2v) is 6.21. The van der Waals surface area contributed by atoms with Crippen molar-refractivity contribution in [2.75, 3.05) is 13.2 Å². The van der Waals surface area contributed by atoms with Crippen LogP contribution in [0, 0.1) is 5.41 Å². The van der Waals surface area contributed by atoms with Crippen LogP contribution in [0.25, 0.3) is 0 Å². The Labute approximate surface area is 113 Å². The second kappa shape index (κ2) is 9.80. The molecule has 1 fully saturated rings. The Morgan fingerprint density at radius 2 is 0.778 bits per heavy atom. The standard InChI is InChI=1S/C16H32O2/c17-14-16(15-18)12-10-8-6-4-2-1-3-5-7-9-11-13-16/h17-18H,1-15H2. The van der Waals surface area contributed by atoms with Crippen LogP contribution in [0.3, 0.4) is 0 Å². The van der Waals surface area contributed by atoms with Gasteiger partial charge in [0.15, 0.2) is 0 Å². The minimum absolute atomic E-state index is 0.156. The molecule has 0 aromatic carbocycles. The molecule has 2 nitrogen and oxygen atoms in total. The van der Waals surface area contributed by atoms with Crippen molar-refractivity contribution in [2.24, 2.45) is 5.41 Å². The summed E-state index contributed by atoms with van der Waals surface area (Å²) in [5.74, 6) is 0. The van der Waals surface area contributed by atoms with Gasteiger partial charge in [0.05, 0.1) is 13.2 Å². The van der Waals surface area contributed by atoms with E-state index in [2.05, 4.69) is 0 Å². The van der Waals surface area contributed by atoms with Gasteiger partial charge in [-0.25, -0.2) is 0 Å². The minimum atomic E-state index is -0.190. The molecule has 108 valence electrons. The van der Waals surface area contributed by atoms with Crippen molar-refractivity contribution < 1.29 is 10.2 Å². The quantitative estimate of drug-likeness (QED) is 0.782. The summed E-state index contributed by atoms with van der Waals surface area (Å²) < 4.78 is 0. The minimum Gasteiger partial charge on any atom is -0.396 e. The van der Waals surface area contributed by atoms with Crippen LogP contribution in [0.4, 0.5) is 0 Å². The van der Waals surface area contributed by atoms with Gasteiger partial charge in [0, 0.05) is 5.41 Å². The molecule has 0 unspecified atom stereocenters. The van der Waals surface area contributed by atoms with Crippen molar-refractivity contribution in [2.45, 2.75) is 83.5 Å². The zero-order valence-corrected chi connectivity index (χ0v) is 12.0. The average molecular weight is 256 g/mol. The van der Waals surface area contributed by atoms with Gasteiger partial charge in [-0.2, -0.15) is 0 Å². The highest BCUT2D eigenvalue weighted by Gasteiger charge is 2.27. The Morgan fingerprint density at radius 3 is 1.06 bits per heavy atom. The molecule has 0 aromatic rings. The molecule has 2 heteroatoms. The molecule has 18 heavy (non-hydrogen) atoms. The fourth-order valence-electron chi connectivity index (χ4n) is 3.08. The van der Waals surface area contributed by atoms with E-state index in [-0.39, 0.29) is 18.6 Å².